The molecule has 0 saturated carbocycles. The quantitative estimate of drug-likeness (QED) is 0.824. The van der Waals surface area contributed by atoms with Gasteiger partial charge in [0.25, 0.3) is 0 Å². The standard InChI is InChI=1S/C13H20N2O4S/c1-9-4-10(14)6-11(5-9)20(16,17)15-7-12(18-2)13(8-15)19-3/h4-6,12-13H,7-8,14H2,1-3H3. The summed E-state index contributed by atoms with van der Waals surface area (Å²) in [7, 11) is -0.470. The first-order valence-corrected chi connectivity index (χ1v) is 7.75. The Balaban J connectivity index is 2.32. The van der Waals surface area contributed by atoms with Crippen LogP contribution in [0, 0.1) is 6.92 Å². The van der Waals surface area contributed by atoms with Crippen LogP contribution in [0.5, 0.6) is 0 Å². The van der Waals surface area contributed by atoms with Gasteiger partial charge in [0.05, 0.1) is 17.1 Å². The molecule has 0 spiro atoms. The highest BCUT2D eigenvalue weighted by Gasteiger charge is 2.39. The van der Waals surface area contributed by atoms with E-state index in [0.29, 0.717) is 5.69 Å². The van der Waals surface area contributed by atoms with Crippen LogP contribution in [0.3, 0.4) is 0 Å². The number of methoxy groups -OCH3 is 2. The lowest BCUT2D eigenvalue weighted by atomic mass is 10.2. The van der Waals surface area contributed by atoms with Gasteiger partial charge >= 0.3 is 0 Å². The zero-order valence-electron chi connectivity index (χ0n) is 11.9. The van der Waals surface area contributed by atoms with E-state index in [1.165, 1.54) is 10.4 Å². The smallest absolute Gasteiger partial charge is 0.243 e. The normalized spacial score (nSPS) is 24.1. The third kappa shape index (κ3) is 2.80. The molecule has 1 aliphatic rings. The molecule has 2 N–H and O–H groups in total. The number of nitrogens with two attached hydrogens (primary N) is 1. The summed E-state index contributed by atoms with van der Waals surface area (Å²) < 4.78 is 37.2. The summed E-state index contributed by atoms with van der Waals surface area (Å²) in [6, 6.07) is 4.83. The molecular weight excluding hydrogens is 280 g/mol. The molecule has 1 aromatic carbocycles. The molecule has 6 nitrogen and oxygen atoms in total. The number of hydrogen-bond donors (Lipinski definition) is 1. The van der Waals surface area contributed by atoms with E-state index >= 15 is 0 Å². The first-order valence-electron chi connectivity index (χ1n) is 6.31. The first-order chi connectivity index (χ1) is 9.38. The Morgan fingerprint density at radius 1 is 1.15 bits per heavy atom. The van der Waals surface area contributed by atoms with Crippen molar-refractivity contribution in [2.45, 2.75) is 24.0 Å². The van der Waals surface area contributed by atoms with Crippen molar-refractivity contribution in [3.63, 3.8) is 0 Å². The van der Waals surface area contributed by atoms with Gasteiger partial charge in [0.1, 0.15) is 0 Å². The minimum absolute atomic E-state index is 0.210. The van der Waals surface area contributed by atoms with Gasteiger partial charge in [0.2, 0.25) is 10.0 Å². The van der Waals surface area contributed by atoms with E-state index < -0.39 is 10.0 Å². The zero-order valence-corrected chi connectivity index (χ0v) is 12.7. The summed E-state index contributed by atoms with van der Waals surface area (Å²) in [6.07, 6.45) is -0.506. The van der Waals surface area contributed by atoms with Crippen molar-refractivity contribution in [2.75, 3.05) is 33.0 Å². The van der Waals surface area contributed by atoms with E-state index in [-0.39, 0.29) is 30.2 Å². The molecule has 1 heterocycles. The maximum atomic E-state index is 12.6. The predicted molar refractivity (Wildman–Crippen MR) is 75.9 cm³/mol. The van der Waals surface area contributed by atoms with Crippen molar-refractivity contribution in [1.82, 2.24) is 4.31 Å². The summed E-state index contributed by atoms with van der Waals surface area (Å²) in [4.78, 5) is 0.210. The number of rotatable bonds is 4. The first kappa shape index (κ1) is 15.2. The number of ether oxygens (including phenoxy) is 2. The van der Waals surface area contributed by atoms with Gasteiger partial charge in [-0.2, -0.15) is 4.31 Å². The number of sulfonamides is 1. The lowest BCUT2D eigenvalue weighted by Gasteiger charge is -2.16. The van der Waals surface area contributed by atoms with Gasteiger partial charge < -0.3 is 15.2 Å². The molecule has 0 aliphatic carbocycles. The summed E-state index contributed by atoms with van der Waals surface area (Å²) >= 11 is 0. The highest BCUT2D eigenvalue weighted by molar-refractivity contribution is 7.89. The minimum Gasteiger partial charge on any atom is -0.399 e. The zero-order chi connectivity index (χ0) is 14.9. The van der Waals surface area contributed by atoms with Crippen LogP contribution < -0.4 is 5.73 Å². The lowest BCUT2D eigenvalue weighted by Crippen LogP contribution is -2.30. The molecule has 0 radical (unpaired) electrons. The Morgan fingerprint density at radius 3 is 2.15 bits per heavy atom. The molecule has 7 heteroatoms. The molecule has 1 aromatic rings. The van der Waals surface area contributed by atoms with E-state index in [1.807, 2.05) is 6.92 Å². The average molecular weight is 300 g/mol. The predicted octanol–water partition coefficient (Wildman–Crippen LogP) is 0.612. The summed E-state index contributed by atoms with van der Waals surface area (Å²) in [5.74, 6) is 0. The molecule has 2 atom stereocenters. The Kier molecular flexibility index (Phi) is 4.33. The van der Waals surface area contributed by atoms with E-state index in [1.54, 1.807) is 26.4 Å². The van der Waals surface area contributed by atoms with Gasteiger partial charge in [0, 0.05) is 33.0 Å². The number of nitrogens with zero attached hydrogens (tertiary/aromatic N) is 1. The van der Waals surface area contributed by atoms with Crippen molar-refractivity contribution in [3.8, 4) is 0 Å². The molecule has 112 valence electrons. The number of anilines is 1. The average Bonchev–Trinajstić information content (AvgIpc) is 2.81. The third-order valence-corrected chi connectivity index (χ3v) is 5.31. The van der Waals surface area contributed by atoms with Gasteiger partial charge in [-0.1, -0.05) is 0 Å². The Bertz CT molecular complexity index is 556. The monoisotopic (exact) mass is 300 g/mol. The molecule has 2 rings (SSSR count). The van der Waals surface area contributed by atoms with Gasteiger partial charge in [-0.05, 0) is 30.7 Å². The molecule has 1 fully saturated rings. The fraction of sp³-hybridized carbons (Fsp3) is 0.538. The third-order valence-electron chi connectivity index (χ3n) is 3.50. The molecule has 0 aromatic heterocycles. The van der Waals surface area contributed by atoms with Crippen molar-refractivity contribution in [2.24, 2.45) is 0 Å². The van der Waals surface area contributed by atoms with Crippen LogP contribution >= 0.6 is 0 Å². The maximum absolute atomic E-state index is 12.6. The number of benzene rings is 1. The van der Waals surface area contributed by atoms with Crippen LogP contribution in [0.15, 0.2) is 23.1 Å². The lowest BCUT2D eigenvalue weighted by molar-refractivity contribution is -0.00461. The Morgan fingerprint density at radius 2 is 1.70 bits per heavy atom. The van der Waals surface area contributed by atoms with Gasteiger partial charge in [-0.25, -0.2) is 8.42 Å². The number of aryl methyl sites for hydroxylation is 1. The van der Waals surface area contributed by atoms with Crippen molar-refractivity contribution in [3.05, 3.63) is 23.8 Å². The van der Waals surface area contributed by atoms with Crippen LogP contribution in [0.1, 0.15) is 5.56 Å². The molecule has 0 bridgehead atoms. The maximum Gasteiger partial charge on any atom is 0.243 e. The van der Waals surface area contributed by atoms with E-state index in [9.17, 15) is 8.42 Å². The van der Waals surface area contributed by atoms with Gasteiger partial charge in [-0.3, -0.25) is 0 Å². The highest BCUT2D eigenvalue weighted by Crippen LogP contribution is 2.25. The van der Waals surface area contributed by atoms with Crippen LogP contribution in [0.2, 0.25) is 0 Å². The second kappa shape index (κ2) is 5.69. The van der Waals surface area contributed by atoms with Crippen LogP contribution in [-0.2, 0) is 19.5 Å². The summed E-state index contributed by atoms with van der Waals surface area (Å²) in [5, 5.41) is 0. The topological polar surface area (TPSA) is 81.9 Å². The van der Waals surface area contributed by atoms with Crippen molar-refractivity contribution < 1.29 is 17.9 Å². The SMILES string of the molecule is COC1CN(S(=O)(=O)c2cc(C)cc(N)c2)CC1OC. The fourth-order valence-electron chi connectivity index (χ4n) is 2.43. The fourth-order valence-corrected chi connectivity index (χ4v) is 4.04. The van der Waals surface area contributed by atoms with Crippen LogP contribution in [0.4, 0.5) is 5.69 Å². The molecule has 2 unspecified atom stereocenters. The molecule has 1 saturated heterocycles. The molecule has 1 aliphatic heterocycles. The molecule has 0 amide bonds. The second-order valence-electron chi connectivity index (χ2n) is 4.95. The minimum atomic E-state index is -3.58. The summed E-state index contributed by atoms with van der Waals surface area (Å²) in [5.41, 5.74) is 6.98. The number of hydrogen-bond acceptors (Lipinski definition) is 5. The van der Waals surface area contributed by atoms with Gasteiger partial charge in [0.15, 0.2) is 0 Å². The summed E-state index contributed by atoms with van der Waals surface area (Å²) in [6.45, 7) is 2.38. The molecule has 20 heavy (non-hydrogen) atoms. The van der Waals surface area contributed by atoms with E-state index in [2.05, 4.69) is 0 Å². The van der Waals surface area contributed by atoms with E-state index in [0.717, 1.165) is 5.56 Å². The van der Waals surface area contributed by atoms with E-state index in [4.69, 9.17) is 15.2 Å². The van der Waals surface area contributed by atoms with Crippen LogP contribution in [0.25, 0.3) is 0 Å². The van der Waals surface area contributed by atoms with Crippen molar-refractivity contribution in [1.29, 1.82) is 0 Å². The highest BCUT2D eigenvalue weighted by atomic mass is 32.2. The van der Waals surface area contributed by atoms with Gasteiger partial charge in [-0.15, -0.1) is 0 Å². The van der Waals surface area contributed by atoms with Crippen molar-refractivity contribution >= 4 is 15.7 Å². The number of nitrogen functional groups attached to an aromatic ring is 1. The Labute approximate surface area is 119 Å². The molecular formula is C13H20N2O4S. The van der Waals surface area contributed by atoms with Crippen LogP contribution in [-0.4, -0.2) is 52.2 Å². The Hall–Kier alpha value is -1.15. The second-order valence-corrected chi connectivity index (χ2v) is 6.89. The largest absolute Gasteiger partial charge is 0.399 e.